The summed E-state index contributed by atoms with van der Waals surface area (Å²) in [6, 6.07) is 9.11. The average molecular weight is 476 g/mol. The molecule has 2 aromatic carbocycles. The van der Waals surface area contributed by atoms with Crippen LogP contribution in [-0.4, -0.2) is 63.3 Å². The van der Waals surface area contributed by atoms with Gasteiger partial charge in [-0.2, -0.15) is 0 Å². The van der Waals surface area contributed by atoms with Crippen LogP contribution in [0.15, 0.2) is 42.0 Å². The summed E-state index contributed by atoms with van der Waals surface area (Å²) in [7, 11) is 5.93. The predicted octanol–water partition coefficient (Wildman–Crippen LogP) is 3.82. The molecule has 0 saturated carbocycles. The second kappa shape index (κ2) is 10.6. The maximum atomic E-state index is 13.2. The van der Waals surface area contributed by atoms with Gasteiger partial charge in [0, 0.05) is 31.9 Å². The van der Waals surface area contributed by atoms with Crippen molar-refractivity contribution in [3.63, 3.8) is 0 Å². The summed E-state index contributed by atoms with van der Waals surface area (Å²) in [5.74, 6) is -0.881. The standard InChI is InChI=1S/C24H26ClNO7/c1-30-11-7-10-26-21(14-8-5-6-9-17(14)31-2)20(23(28)24(26)29)22(27)15-12-16(25)19(33-4)13-18(15)32-3/h5-6,8-9,12-13,21,27H,7,10-11H2,1-4H3/b22-20+. The molecule has 9 heteroatoms. The number of nitrogens with zero attached hydrogens (tertiary/aromatic N) is 1. The SMILES string of the molecule is COCCCN1C(=O)C(=O)/C(=C(/O)c2cc(Cl)c(OC)cc2OC)C1c1ccccc1OC. The lowest BCUT2D eigenvalue weighted by Crippen LogP contribution is -2.31. The molecule has 0 aromatic heterocycles. The molecule has 33 heavy (non-hydrogen) atoms. The second-order valence-corrected chi connectivity index (χ2v) is 7.68. The predicted molar refractivity (Wildman–Crippen MR) is 123 cm³/mol. The van der Waals surface area contributed by atoms with Crippen molar-refractivity contribution in [1.29, 1.82) is 0 Å². The molecule has 1 heterocycles. The summed E-state index contributed by atoms with van der Waals surface area (Å²) in [5.41, 5.74) is 0.649. The molecule has 1 aliphatic heterocycles. The number of hydrogen-bond donors (Lipinski definition) is 1. The number of hydrogen-bond acceptors (Lipinski definition) is 7. The molecule has 0 spiro atoms. The van der Waals surface area contributed by atoms with Gasteiger partial charge in [-0.05, 0) is 18.6 Å². The van der Waals surface area contributed by atoms with Crippen LogP contribution in [0.2, 0.25) is 5.02 Å². The number of aliphatic hydroxyl groups is 1. The van der Waals surface area contributed by atoms with Crippen LogP contribution in [0.4, 0.5) is 0 Å². The molecule has 1 atom stereocenters. The highest BCUT2D eigenvalue weighted by Gasteiger charge is 2.47. The van der Waals surface area contributed by atoms with Gasteiger partial charge in [0.2, 0.25) is 0 Å². The number of carbonyl (C=O) groups excluding carboxylic acids is 2. The summed E-state index contributed by atoms with van der Waals surface area (Å²) < 4.78 is 21.2. The van der Waals surface area contributed by atoms with Crippen LogP contribution in [0, 0.1) is 0 Å². The summed E-state index contributed by atoms with van der Waals surface area (Å²) in [6.45, 7) is 0.655. The van der Waals surface area contributed by atoms with Gasteiger partial charge in [-0.15, -0.1) is 0 Å². The Labute approximate surface area is 197 Å². The molecule has 176 valence electrons. The fraction of sp³-hybridized carbons (Fsp3) is 0.333. The first kappa shape index (κ1) is 24.4. The van der Waals surface area contributed by atoms with E-state index in [1.165, 1.54) is 38.4 Å². The third-order valence-corrected chi connectivity index (χ3v) is 5.75. The van der Waals surface area contributed by atoms with Crippen molar-refractivity contribution in [2.24, 2.45) is 0 Å². The van der Waals surface area contributed by atoms with Gasteiger partial charge in [-0.1, -0.05) is 29.8 Å². The number of methoxy groups -OCH3 is 4. The van der Waals surface area contributed by atoms with E-state index >= 15 is 0 Å². The smallest absolute Gasteiger partial charge is 0.295 e. The molecule has 1 aliphatic rings. The van der Waals surface area contributed by atoms with Crippen LogP contribution in [-0.2, 0) is 14.3 Å². The van der Waals surface area contributed by atoms with Gasteiger partial charge >= 0.3 is 0 Å². The van der Waals surface area contributed by atoms with E-state index in [1.54, 1.807) is 31.4 Å². The fourth-order valence-corrected chi connectivity index (χ4v) is 4.14. The van der Waals surface area contributed by atoms with Crippen LogP contribution in [0.5, 0.6) is 17.2 Å². The summed E-state index contributed by atoms with van der Waals surface area (Å²) in [5, 5.41) is 11.5. The Balaban J connectivity index is 2.25. The molecule has 8 nitrogen and oxygen atoms in total. The highest BCUT2D eigenvalue weighted by Crippen LogP contribution is 2.45. The number of benzene rings is 2. The lowest BCUT2D eigenvalue weighted by atomic mass is 9.94. The number of carbonyl (C=O) groups is 2. The molecule has 0 bridgehead atoms. The van der Waals surface area contributed by atoms with E-state index in [1.807, 2.05) is 0 Å². The highest BCUT2D eigenvalue weighted by molar-refractivity contribution is 6.46. The Bertz CT molecular complexity index is 1080. The number of ether oxygens (including phenoxy) is 4. The molecule has 3 rings (SSSR count). The number of rotatable bonds is 9. The number of halogens is 1. The maximum absolute atomic E-state index is 13.2. The number of para-hydroxylation sites is 1. The third-order valence-electron chi connectivity index (χ3n) is 5.45. The molecule has 1 saturated heterocycles. The first-order valence-electron chi connectivity index (χ1n) is 10.2. The largest absolute Gasteiger partial charge is 0.507 e. The number of Topliss-reactive ketones (excluding diaryl/α,β-unsaturated/α-hetero) is 1. The van der Waals surface area contributed by atoms with Crippen molar-refractivity contribution in [2.75, 3.05) is 41.6 Å². The van der Waals surface area contributed by atoms with Gasteiger partial charge in [0.1, 0.15) is 23.0 Å². The minimum atomic E-state index is -0.872. The monoisotopic (exact) mass is 475 g/mol. The van der Waals surface area contributed by atoms with Crippen molar-refractivity contribution >= 4 is 29.1 Å². The molecule has 1 unspecified atom stereocenters. The first-order valence-corrected chi connectivity index (χ1v) is 10.6. The van der Waals surface area contributed by atoms with Gasteiger partial charge in [0.05, 0.1) is 43.5 Å². The van der Waals surface area contributed by atoms with Gasteiger partial charge in [0.25, 0.3) is 11.7 Å². The zero-order valence-corrected chi connectivity index (χ0v) is 19.6. The highest BCUT2D eigenvalue weighted by atomic mass is 35.5. The lowest BCUT2D eigenvalue weighted by molar-refractivity contribution is -0.140. The van der Waals surface area contributed by atoms with E-state index in [4.69, 9.17) is 30.5 Å². The van der Waals surface area contributed by atoms with Gasteiger partial charge in [-0.3, -0.25) is 9.59 Å². The zero-order chi connectivity index (χ0) is 24.1. The van der Waals surface area contributed by atoms with Crippen LogP contribution in [0.1, 0.15) is 23.6 Å². The van der Waals surface area contributed by atoms with E-state index in [9.17, 15) is 14.7 Å². The van der Waals surface area contributed by atoms with E-state index < -0.39 is 23.5 Å². The van der Waals surface area contributed by atoms with Gasteiger partial charge in [0.15, 0.2) is 0 Å². The molecule has 1 fully saturated rings. The van der Waals surface area contributed by atoms with E-state index in [2.05, 4.69) is 0 Å². The number of likely N-dealkylation sites (tertiary alicyclic amines) is 1. The van der Waals surface area contributed by atoms with Crippen LogP contribution < -0.4 is 14.2 Å². The molecular weight excluding hydrogens is 450 g/mol. The van der Waals surface area contributed by atoms with Gasteiger partial charge in [-0.25, -0.2) is 0 Å². The summed E-state index contributed by atoms with van der Waals surface area (Å²) >= 11 is 6.28. The van der Waals surface area contributed by atoms with Crippen molar-refractivity contribution in [1.82, 2.24) is 4.90 Å². The molecule has 0 aliphatic carbocycles. The molecule has 1 N–H and O–H groups in total. The minimum Gasteiger partial charge on any atom is -0.507 e. The second-order valence-electron chi connectivity index (χ2n) is 7.27. The first-order chi connectivity index (χ1) is 15.9. The molecule has 1 amide bonds. The third kappa shape index (κ3) is 4.62. The Morgan fingerprint density at radius 2 is 1.67 bits per heavy atom. The number of ketones is 1. The normalized spacial score (nSPS) is 17.4. The zero-order valence-electron chi connectivity index (χ0n) is 18.9. The Morgan fingerprint density at radius 1 is 1.00 bits per heavy atom. The molecule has 0 radical (unpaired) electrons. The number of amides is 1. The van der Waals surface area contributed by atoms with Crippen molar-refractivity contribution in [3.8, 4) is 17.2 Å². The average Bonchev–Trinajstić information content (AvgIpc) is 3.08. The van der Waals surface area contributed by atoms with E-state index in [-0.39, 0.29) is 28.5 Å². The van der Waals surface area contributed by atoms with Crippen LogP contribution >= 0.6 is 11.6 Å². The quantitative estimate of drug-likeness (QED) is 0.255. The van der Waals surface area contributed by atoms with Crippen molar-refractivity contribution < 1.29 is 33.6 Å². The maximum Gasteiger partial charge on any atom is 0.295 e. The van der Waals surface area contributed by atoms with Gasteiger partial charge < -0.3 is 29.0 Å². The Kier molecular flexibility index (Phi) is 7.84. The van der Waals surface area contributed by atoms with Crippen LogP contribution in [0.3, 0.4) is 0 Å². The molecular formula is C24H26ClNO7. The minimum absolute atomic E-state index is 0.0820. The van der Waals surface area contributed by atoms with E-state index in [0.717, 1.165) is 0 Å². The van der Waals surface area contributed by atoms with E-state index in [0.29, 0.717) is 30.1 Å². The Hall–Kier alpha value is -3.23. The lowest BCUT2D eigenvalue weighted by Gasteiger charge is -2.26. The van der Waals surface area contributed by atoms with Crippen LogP contribution in [0.25, 0.3) is 5.76 Å². The summed E-state index contributed by atoms with van der Waals surface area (Å²) in [6.07, 6.45) is 0.507. The summed E-state index contributed by atoms with van der Waals surface area (Å²) in [4.78, 5) is 27.6. The topological polar surface area (TPSA) is 94.5 Å². The fourth-order valence-electron chi connectivity index (χ4n) is 3.90. The van der Waals surface area contributed by atoms with Crippen molar-refractivity contribution in [3.05, 3.63) is 58.1 Å². The van der Waals surface area contributed by atoms with Crippen molar-refractivity contribution in [2.45, 2.75) is 12.5 Å². The number of aliphatic hydroxyl groups excluding tert-OH is 1. The molecule has 2 aromatic rings. The Morgan fingerprint density at radius 3 is 2.30 bits per heavy atom.